The van der Waals surface area contributed by atoms with Gasteiger partial charge in [0.25, 0.3) is 0 Å². The first-order valence-electron chi connectivity index (χ1n) is 12.3. The molecule has 36 heavy (non-hydrogen) atoms. The zero-order valence-electron chi connectivity index (χ0n) is 20.5. The van der Waals surface area contributed by atoms with Crippen LogP contribution in [0, 0.1) is 17.2 Å². The van der Waals surface area contributed by atoms with Crippen molar-refractivity contribution in [1.82, 2.24) is 4.90 Å². The molecule has 0 bridgehead atoms. The van der Waals surface area contributed by atoms with Gasteiger partial charge in [-0.3, -0.25) is 4.90 Å². The number of benzene rings is 3. The molecule has 1 saturated heterocycles. The number of nitrogens with zero attached hydrogens (tertiary/aromatic N) is 2. The molecule has 184 valence electrons. The molecule has 3 aromatic carbocycles. The Labute approximate surface area is 217 Å². The largest absolute Gasteiger partial charge is 0.508 e. The van der Waals surface area contributed by atoms with E-state index < -0.39 is 0 Å². The summed E-state index contributed by atoms with van der Waals surface area (Å²) < 4.78 is 12.5. The van der Waals surface area contributed by atoms with E-state index in [1.165, 1.54) is 19.5 Å². The van der Waals surface area contributed by atoms with E-state index in [1.807, 2.05) is 37.3 Å². The van der Waals surface area contributed by atoms with Gasteiger partial charge in [0, 0.05) is 30.8 Å². The van der Waals surface area contributed by atoms with Crippen molar-refractivity contribution in [1.29, 1.82) is 5.26 Å². The smallest absolute Gasteiger partial charge is 0.150 e. The summed E-state index contributed by atoms with van der Waals surface area (Å²) in [5.74, 6) is 2.55. The Morgan fingerprint density at radius 2 is 1.89 bits per heavy atom. The van der Waals surface area contributed by atoms with Crippen LogP contribution in [0.1, 0.15) is 48.6 Å². The molecule has 0 aromatic heterocycles. The van der Waals surface area contributed by atoms with Gasteiger partial charge in [0.2, 0.25) is 0 Å². The summed E-state index contributed by atoms with van der Waals surface area (Å²) >= 11 is 6.39. The zero-order chi connectivity index (χ0) is 25.2. The minimum atomic E-state index is -0.382. The molecule has 1 N–H and O–H groups in total. The third kappa shape index (κ3) is 4.80. The van der Waals surface area contributed by atoms with Gasteiger partial charge >= 0.3 is 0 Å². The average Bonchev–Trinajstić information content (AvgIpc) is 2.86. The maximum atomic E-state index is 10.1. The summed E-state index contributed by atoms with van der Waals surface area (Å²) in [7, 11) is 0. The van der Waals surface area contributed by atoms with Crippen molar-refractivity contribution >= 4 is 22.7 Å². The Morgan fingerprint density at radius 3 is 2.58 bits per heavy atom. The number of nitriles is 1. The summed E-state index contributed by atoms with van der Waals surface area (Å²) in [4.78, 5) is 2.43. The molecule has 1 fully saturated rings. The Morgan fingerprint density at radius 1 is 1.11 bits per heavy atom. The normalized spacial score (nSPS) is 17.7. The molecule has 6 heteroatoms. The molecule has 0 amide bonds. The third-order valence-electron chi connectivity index (χ3n) is 7.15. The fourth-order valence-corrected chi connectivity index (χ4v) is 5.19. The zero-order valence-corrected chi connectivity index (χ0v) is 21.3. The molecular formula is C30H29ClN2O3. The number of fused-ring (bicyclic) bond motifs is 1. The van der Waals surface area contributed by atoms with E-state index in [-0.39, 0.29) is 11.9 Å². The van der Waals surface area contributed by atoms with Crippen LogP contribution < -0.4 is 9.47 Å². The summed E-state index contributed by atoms with van der Waals surface area (Å²) in [6.07, 6.45) is 0.866. The quantitative estimate of drug-likeness (QED) is 0.391. The van der Waals surface area contributed by atoms with Crippen molar-refractivity contribution in [2.75, 3.05) is 26.2 Å². The second-order valence-electron chi connectivity index (χ2n) is 9.47. The Kier molecular flexibility index (Phi) is 6.91. The predicted octanol–water partition coefficient (Wildman–Crippen LogP) is 6.70. The van der Waals surface area contributed by atoms with E-state index in [1.54, 1.807) is 30.3 Å². The number of ether oxygens (including phenoxy) is 2. The SMILES string of the molecule is CCC1CN(CCOc2ccc(C3Oc4ccc(O)cc4C(C)=C3c3ccc(C#N)c(Cl)c3)cc2)C1. The van der Waals surface area contributed by atoms with Gasteiger partial charge in [-0.1, -0.05) is 43.1 Å². The van der Waals surface area contributed by atoms with Gasteiger partial charge in [-0.2, -0.15) is 5.26 Å². The lowest BCUT2D eigenvalue weighted by atomic mass is 9.86. The minimum absolute atomic E-state index is 0.178. The number of phenols is 1. The predicted molar refractivity (Wildman–Crippen MR) is 142 cm³/mol. The molecular weight excluding hydrogens is 472 g/mol. The van der Waals surface area contributed by atoms with Crippen LogP contribution in [0.25, 0.3) is 11.1 Å². The molecule has 1 atom stereocenters. The highest BCUT2D eigenvalue weighted by Crippen LogP contribution is 2.47. The second-order valence-corrected chi connectivity index (χ2v) is 9.88. The summed E-state index contributed by atoms with van der Waals surface area (Å²) in [6.45, 7) is 8.22. The summed E-state index contributed by atoms with van der Waals surface area (Å²) in [6, 6.07) is 20.7. The van der Waals surface area contributed by atoms with Gasteiger partial charge in [-0.25, -0.2) is 0 Å². The van der Waals surface area contributed by atoms with Crippen molar-refractivity contribution in [2.24, 2.45) is 5.92 Å². The van der Waals surface area contributed by atoms with Crippen molar-refractivity contribution in [3.05, 3.63) is 87.9 Å². The lowest BCUT2D eigenvalue weighted by Crippen LogP contribution is -2.47. The first-order chi connectivity index (χ1) is 17.5. The fraction of sp³-hybridized carbons (Fsp3) is 0.300. The number of halogens is 1. The Balaban J connectivity index is 1.41. The third-order valence-corrected chi connectivity index (χ3v) is 7.46. The summed E-state index contributed by atoms with van der Waals surface area (Å²) in [5, 5.41) is 19.8. The highest BCUT2D eigenvalue weighted by Gasteiger charge is 2.30. The molecule has 2 aliphatic rings. The maximum absolute atomic E-state index is 10.1. The van der Waals surface area contributed by atoms with Crippen molar-refractivity contribution in [3.8, 4) is 23.3 Å². The van der Waals surface area contributed by atoms with E-state index in [0.717, 1.165) is 46.0 Å². The van der Waals surface area contributed by atoms with Crippen LogP contribution in [0.3, 0.4) is 0 Å². The van der Waals surface area contributed by atoms with Gasteiger partial charge in [-0.05, 0) is 72.0 Å². The summed E-state index contributed by atoms with van der Waals surface area (Å²) in [5.41, 5.74) is 5.03. The number of phenolic OH excluding ortho intramolecular Hbond substituents is 1. The number of hydrogen-bond acceptors (Lipinski definition) is 5. The van der Waals surface area contributed by atoms with Gasteiger partial charge < -0.3 is 14.6 Å². The molecule has 5 rings (SSSR count). The van der Waals surface area contributed by atoms with Crippen LogP contribution in [0.4, 0.5) is 0 Å². The number of hydrogen-bond donors (Lipinski definition) is 1. The van der Waals surface area contributed by atoms with E-state index in [2.05, 4.69) is 17.9 Å². The first kappa shape index (κ1) is 24.2. The highest BCUT2D eigenvalue weighted by atomic mass is 35.5. The van der Waals surface area contributed by atoms with E-state index >= 15 is 0 Å². The van der Waals surface area contributed by atoms with E-state index in [0.29, 0.717) is 22.9 Å². The van der Waals surface area contributed by atoms with Crippen LogP contribution in [-0.2, 0) is 0 Å². The molecule has 0 spiro atoms. The molecule has 1 unspecified atom stereocenters. The molecule has 2 heterocycles. The van der Waals surface area contributed by atoms with Crippen LogP contribution >= 0.6 is 11.6 Å². The number of likely N-dealkylation sites (tertiary alicyclic amines) is 1. The van der Waals surface area contributed by atoms with Crippen LogP contribution in [0.5, 0.6) is 17.2 Å². The molecule has 2 aliphatic heterocycles. The highest BCUT2D eigenvalue weighted by molar-refractivity contribution is 6.32. The van der Waals surface area contributed by atoms with Crippen LogP contribution in [-0.4, -0.2) is 36.2 Å². The lowest BCUT2D eigenvalue weighted by molar-refractivity contribution is 0.0806. The van der Waals surface area contributed by atoms with E-state index in [4.69, 9.17) is 21.1 Å². The molecule has 0 saturated carbocycles. The molecule has 3 aromatic rings. The molecule has 5 nitrogen and oxygen atoms in total. The minimum Gasteiger partial charge on any atom is -0.508 e. The lowest BCUT2D eigenvalue weighted by Gasteiger charge is -2.38. The molecule has 0 aliphatic carbocycles. The van der Waals surface area contributed by atoms with Gasteiger partial charge in [0.15, 0.2) is 0 Å². The topological polar surface area (TPSA) is 65.7 Å². The van der Waals surface area contributed by atoms with Gasteiger partial charge in [0.1, 0.15) is 36.0 Å². The van der Waals surface area contributed by atoms with Gasteiger partial charge in [0.05, 0.1) is 10.6 Å². The van der Waals surface area contributed by atoms with E-state index in [9.17, 15) is 10.4 Å². The monoisotopic (exact) mass is 500 g/mol. The average molecular weight is 501 g/mol. The number of allylic oxidation sites excluding steroid dienone is 1. The Hall–Kier alpha value is -3.46. The first-order valence-corrected chi connectivity index (χ1v) is 12.7. The van der Waals surface area contributed by atoms with Crippen LogP contribution in [0.2, 0.25) is 5.02 Å². The second kappa shape index (κ2) is 10.3. The van der Waals surface area contributed by atoms with Crippen molar-refractivity contribution in [3.63, 3.8) is 0 Å². The van der Waals surface area contributed by atoms with Crippen LogP contribution in [0.15, 0.2) is 60.7 Å². The fourth-order valence-electron chi connectivity index (χ4n) is 4.97. The number of aromatic hydroxyl groups is 1. The van der Waals surface area contributed by atoms with Crippen molar-refractivity contribution in [2.45, 2.75) is 26.4 Å². The van der Waals surface area contributed by atoms with Crippen molar-refractivity contribution < 1.29 is 14.6 Å². The standard InChI is InChI=1S/C30H29ClN2O3/c1-3-20-17-33(18-20)12-13-35-25-9-6-21(7-10-25)30-29(22-4-5-23(16-32)27(31)14-22)19(2)26-15-24(34)8-11-28(26)36-30/h4-11,14-15,20,30,34H,3,12-13,17-18H2,1-2H3. The number of rotatable bonds is 7. The van der Waals surface area contributed by atoms with Gasteiger partial charge in [-0.15, -0.1) is 0 Å². The molecule has 0 radical (unpaired) electrons. The Bertz CT molecular complexity index is 1340. The maximum Gasteiger partial charge on any atom is 0.150 e.